The molecule has 0 aliphatic heterocycles. The van der Waals surface area contributed by atoms with Crippen LogP contribution in [0.3, 0.4) is 0 Å². The Morgan fingerprint density at radius 1 is 1.00 bits per heavy atom. The summed E-state index contributed by atoms with van der Waals surface area (Å²) >= 11 is -2.58. The van der Waals surface area contributed by atoms with Crippen LogP contribution in [-0.4, -0.2) is 43.3 Å². The van der Waals surface area contributed by atoms with Gasteiger partial charge in [-0.05, 0) is 0 Å². The number of aliphatic hydroxyl groups is 1. The van der Waals surface area contributed by atoms with E-state index in [9.17, 15) is 14.2 Å². The molecule has 93 valence electrons. The first-order valence-corrected chi connectivity index (χ1v) is 14.0. The fourth-order valence-corrected chi connectivity index (χ4v) is 12.1. The van der Waals surface area contributed by atoms with Crippen LogP contribution in [0.5, 0.6) is 0 Å². The van der Waals surface area contributed by atoms with E-state index in [0.29, 0.717) is 0 Å². The normalized spacial score (nSPS) is 15.5. The summed E-state index contributed by atoms with van der Waals surface area (Å²) in [7, 11) is -10.5. The molecule has 15 heavy (non-hydrogen) atoms. The zero-order valence-electron chi connectivity index (χ0n) is 8.60. The third-order valence-electron chi connectivity index (χ3n) is 1.62. The third-order valence-corrected chi connectivity index (χ3v) is 9.40. The summed E-state index contributed by atoms with van der Waals surface area (Å²) < 4.78 is 21.9. The Morgan fingerprint density at radius 3 is 1.33 bits per heavy atom. The molecule has 0 spiro atoms. The summed E-state index contributed by atoms with van der Waals surface area (Å²) in [5, 5.41) is 5.78. The van der Waals surface area contributed by atoms with E-state index in [4.69, 9.17) is 19.6 Å². The summed E-state index contributed by atoms with van der Waals surface area (Å²) in [4.78, 5) is 35.3. The Kier molecular flexibility index (Phi) is 4.48. The van der Waals surface area contributed by atoms with Crippen LogP contribution in [0.1, 0.15) is 0 Å². The molecule has 5 N–H and O–H groups in total. The zero-order chi connectivity index (χ0) is 12.7. The molecule has 0 aromatic carbocycles. The van der Waals surface area contributed by atoms with Gasteiger partial charge < -0.3 is 0 Å². The van der Waals surface area contributed by atoms with E-state index in [1.165, 1.54) is 0 Å². The van der Waals surface area contributed by atoms with Gasteiger partial charge in [0, 0.05) is 0 Å². The van der Waals surface area contributed by atoms with Crippen LogP contribution in [0.2, 0.25) is 22.3 Å². The molecule has 0 bridgehead atoms. The van der Waals surface area contributed by atoms with Crippen molar-refractivity contribution in [2.75, 3.05) is 0 Å². The van der Waals surface area contributed by atoms with Crippen LogP contribution in [0.15, 0.2) is 0 Å². The second kappa shape index (κ2) is 4.24. The molecule has 0 heterocycles. The van der Waals surface area contributed by atoms with Crippen molar-refractivity contribution in [3.63, 3.8) is 0 Å². The number of rotatable bonds is 4. The first kappa shape index (κ1) is 15.8. The Labute approximate surface area is 90.3 Å². The predicted octanol–water partition coefficient (Wildman–Crippen LogP) is 0.326. The minimum atomic E-state index is -5.27. The van der Waals surface area contributed by atoms with E-state index in [1.807, 2.05) is 0 Å². The summed E-state index contributed by atoms with van der Waals surface area (Å²) in [5.74, 6) is 0. The topological polar surface area (TPSA) is 135 Å². The van der Waals surface area contributed by atoms with Crippen LogP contribution in [0, 0.1) is 0 Å². The van der Waals surface area contributed by atoms with Gasteiger partial charge in [0.15, 0.2) is 0 Å². The second-order valence-corrected chi connectivity index (χ2v) is 18.6. The van der Waals surface area contributed by atoms with Crippen molar-refractivity contribution < 1.29 is 33.8 Å². The molecule has 0 fully saturated rings. The van der Waals surface area contributed by atoms with Gasteiger partial charge in [-0.1, -0.05) is 0 Å². The Morgan fingerprint density at radius 2 is 1.27 bits per heavy atom. The van der Waals surface area contributed by atoms with Crippen LogP contribution < -0.4 is 0 Å². The van der Waals surface area contributed by atoms with Crippen molar-refractivity contribution in [1.29, 1.82) is 0 Å². The van der Waals surface area contributed by atoms with E-state index in [0.717, 1.165) is 0 Å². The maximum absolute atomic E-state index is 11.0. The molecule has 0 rings (SSSR count). The molecule has 10 heteroatoms. The predicted molar refractivity (Wildman–Crippen MR) is 57.2 cm³/mol. The summed E-state index contributed by atoms with van der Waals surface area (Å²) in [6.07, 6.45) is 0. The third kappa shape index (κ3) is 3.95. The molecule has 0 amide bonds. The number of hydrogen-bond acceptors (Lipinski definition) is 3. The van der Waals surface area contributed by atoms with Gasteiger partial charge in [0.25, 0.3) is 0 Å². The van der Waals surface area contributed by atoms with Crippen molar-refractivity contribution in [1.82, 2.24) is 0 Å². The molecule has 0 aliphatic carbocycles. The van der Waals surface area contributed by atoms with Gasteiger partial charge in [-0.15, -0.1) is 0 Å². The minimum absolute atomic E-state index is 0.528. The molecule has 0 aliphatic rings. The number of hydrogen-bond donors (Lipinski definition) is 5. The molecule has 1 radical (unpaired) electrons. The molecule has 0 saturated carbocycles. The van der Waals surface area contributed by atoms with Gasteiger partial charge in [-0.2, -0.15) is 0 Å². The quantitative estimate of drug-likeness (QED) is 0.371. The van der Waals surface area contributed by atoms with Gasteiger partial charge in [-0.25, -0.2) is 0 Å². The maximum atomic E-state index is 11.0. The average Bonchev–Trinajstić information content (AvgIpc) is 1.77. The Balaban J connectivity index is 5.46. The monoisotopic (exact) mass is 325 g/mol. The second-order valence-electron chi connectivity index (χ2n) is 4.31. The van der Waals surface area contributed by atoms with Crippen molar-refractivity contribution in [3.8, 4) is 0 Å². The Bertz CT molecular complexity index is 301. The van der Waals surface area contributed by atoms with Gasteiger partial charge in [0.2, 0.25) is 0 Å². The van der Waals surface area contributed by atoms with Crippen molar-refractivity contribution in [3.05, 3.63) is 0 Å². The van der Waals surface area contributed by atoms with E-state index in [2.05, 4.69) is 0 Å². The van der Waals surface area contributed by atoms with Gasteiger partial charge in [0.05, 0.1) is 0 Å². The molecule has 0 aromatic rings. The summed E-state index contributed by atoms with van der Waals surface area (Å²) in [5.41, 5.74) is 5.03. The van der Waals surface area contributed by atoms with E-state index in [-0.39, 0.29) is 0 Å². The molecule has 7 nitrogen and oxygen atoms in total. The molecule has 0 atom stereocenters. The van der Waals surface area contributed by atoms with Gasteiger partial charge in [-0.3, -0.25) is 0 Å². The first-order valence-electron chi connectivity index (χ1n) is 3.85. The average molecular weight is 325 g/mol. The van der Waals surface area contributed by atoms with E-state index < -0.39 is 39.0 Å². The Hall–Kier alpha value is 0.818. The molecular formula is C5H16AsO7P2. The van der Waals surface area contributed by atoms with E-state index in [1.54, 1.807) is 17.1 Å². The first-order chi connectivity index (χ1) is 6.21. The van der Waals surface area contributed by atoms with Crippen LogP contribution >= 0.6 is 15.2 Å². The van der Waals surface area contributed by atoms with Crippen molar-refractivity contribution in [2.24, 2.45) is 0 Å². The summed E-state index contributed by atoms with van der Waals surface area (Å²) in [6.45, 7) is 0. The molecule has 0 saturated heterocycles. The van der Waals surface area contributed by atoms with Crippen molar-refractivity contribution in [2.45, 2.75) is 27.4 Å². The van der Waals surface area contributed by atoms with Crippen LogP contribution in [-0.2, 0) is 9.13 Å². The van der Waals surface area contributed by atoms with Crippen LogP contribution in [0.25, 0.3) is 0 Å². The van der Waals surface area contributed by atoms with Gasteiger partial charge in [0.1, 0.15) is 0 Å². The van der Waals surface area contributed by atoms with Crippen molar-refractivity contribution >= 4 is 28.7 Å². The molecular weight excluding hydrogens is 309 g/mol. The molecule has 0 aromatic heterocycles. The molecule has 0 unspecified atom stereocenters. The fourth-order valence-electron chi connectivity index (χ4n) is 0.990. The fraction of sp³-hybridized carbons (Fsp3) is 1.00. The van der Waals surface area contributed by atoms with Crippen LogP contribution in [0.4, 0.5) is 0 Å². The van der Waals surface area contributed by atoms with Gasteiger partial charge >= 0.3 is 90.0 Å². The van der Waals surface area contributed by atoms with E-state index >= 15 is 0 Å². The standard InChI is InChI=1S/C5H16AsO7P2/c1-6(2,3)4-5(7,14(8,9)10)15(11,12)13/h7H,4H2,1-3H3,(H2,8,9,10)(H2,11,12,13). The SMILES string of the molecule is C[As](C)(C)CC(O)(P(=O)(O)O)P(=O)(O)O. The summed E-state index contributed by atoms with van der Waals surface area (Å²) in [6, 6.07) is 0. The zero-order valence-corrected chi connectivity index (χ0v) is 12.3.